The van der Waals surface area contributed by atoms with Crippen LogP contribution in [0, 0.1) is 20.8 Å². The normalized spacial score (nSPS) is 10.5. The summed E-state index contributed by atoms with van der Waals surface area (Å²) in [7, 11) is 1.66. The van der Waals surface area contributed by atoms with Crippen LogP contribution in [0.4, 0.5) is 5.69 Å². The molecule has 2 aromatic rings. The molecule has 0 aliphatic heterocycles. The Labute approximate surface area is 131 Å². The lowest BCUT2D eigenvalue weighted by Crippen LogP contribution is -2.30. The van der Waals surface area contributed by atoms with Gasteiger partial charge >= 0.3 is 0 Å². The zero-order valence-electron chi connectivity index (χ0n) is 12.5. The molecule has 0 saturated heterocycles. The molecule has 0 radical (unpaired) electrons. The first-order chi connectivity index (χ1) is 9.81. The summed E-state index contributed by atoms with van der Waals surface area (Å²) in [5, 5.41) is 2.78. The number of hydrogen-bond donors (Lipinski definition) is 1. The van der Waals surface area contributed by atoms with Gasteiger partial charge in [0.25, 0.3) is 11.5 Å². The molecule has 0 spiro atoms. The number of benzene rings is 1. The number of nitrogens with one attached hydrogen (secondary N) is 1. The summed E-state index contributed by atoms with van der Waals surface area (Å²) in [4.78, 5) is 24.6. The lowest BCUT2D eigenvalue weighted by Gasteiger charge is -2.11. The van der Waals surface area contributed by atoms with Gasteiger partial charge in [-0.2, -0.15) is 0 Å². The third-order valence-corrected chi connectivity index (χ3v) is 4.40. The summed E-state index contributed by atoms with van der Waals surface area (Å²) in [5.41, 5.74) is 3.10. The van der Waals surface area contributed by atoms with Crippen LogP contribution in [0.5, 0.6) is 0 Å². The number of hydrogen-bond acceptors (Lipinski definition) is 2. The number of carbonyl (C=O) groups excluding carboxylic acids is 1. The van der Waals surface area contributed by atoms with Crippen molar-refractivity contribution in [3.63, 3.8) is 0 Å². The van der Waals surface area contributed by atoms with Crippen molar-refractivity contribution < 1.29 is 4.79 Å². The van der Waals surface area contributed by atoms with Crippen LogP contribution in [0.25, 0.3) is 0 Å². The monoisotopic (exact) mass is 348 g/mol. The maximum Gasteiger partial charge on any atom is 0.263 e. The van der Waals surface area contributed by atoms with E-state index in [1.54, 1.807) is 20.0 Å². The minimum absolute atomic E-state index is 0.184. The maximum absolute atomic E-state index is 12.4. The molecule has 0 bridgehead atoms. The van der Waals surface area contributed by atoms with Gasteiger partial charge in [-0.15, -0.1) is 0 Å². The number of amides is 1. The number of aryl methyl sites for hydroxylation is 3. The van der Waals surface area contributed by atoms with E-state index in [9.17, 15) is 9.59 Å². The lowest BCUT2D eigenvalue weighted by atomic mass is 10.1. The molecule has 0 aliphatic carbocycles. The van der Waals surface area contributed by atoms with E-state index >= 15 is 0 Å². The first kappa shape index (κ1) is 15.5. The summed E-state index contributed by atoms with van der Waals surface area (Å²) in [6, 6.07) is 7.35. The van der Waals surface area contributed by atoms with Crippen molar-refractivity contribution in [3.05, 3.63) is 61.5 Å². The SMILES string of the molecule is Cc1cc(NC(=O)c2c(C)cc(C)n(C)c2=O)ccc1Br. The second-order valence-electron chi connectivity index (χ2n) is 5.13. The number of nitrogens with zero attached hydrogens (tertiary/aromatic N) is 1. The smallest absolute Gasteiger partial charge is 0.263 e. The van der Waals surface area contributed by atoms with Gasteiger partial charge in [-0.1, -0.05) is 15.9 Å². The standard InChI is InChI=1S/C16H17BrN2O2/c1-9-8-12(5-6-13(9)17)18-15(20)14-10(2)7-11(3)19(4)16(14)21/h5-8H,1-4H3,(H,18,20). The third kappa shape index (κ3) is 3.08. The van der Waals surface area contributed by atoms with Gasteiger partial charge in [0.2, 0.25) is 0 Å². The fourth-order valence-corrected chi connectivity index (χ4v) is 2.42. The molecule has 110 valence electrons. The Bertz CT molecular complexity index is 779. The average Bonchev–Trinajstić information content (AvgIpc) is 2.40. The van der Waals surface area contributed by atoms with E-state index in [2.05, 4.69) is 21.2 Å². The predicted octanol–water partition coefficient (Wildman–Crippen LogP) is 3.33. The summed E-state index contributed by atoms with van der Waals surface area (Å²) in [5.74, 6) is -0.380. The highest BCUT2D eigenvalue weighted by atomic mass is 79.9. The number of carbonyl (C=O) groups is 1. The molecule has 2 rings (SSSR count). The van der Waals surface area contributed by atoms with E-state index < -0.39 is 0 Å². The van der Waals surface area contributed by atoms with Gasteiger partial charge in [0.15, 0.2) is 0 Å². The molecule has 4 nitrogen and oxygen atoms in total. The minimum Gasteiger partial charge on any atom is -0.322 e. The van der Waals surface area contributed by atoms with E-state index in [4.69, 9.17) is 0 Å². The number of rotatable bonds is 2. The number of aromatic nitrogens is 1. The van der Waals surface area contributed by atoms with E-state index in [1.807, 2.05) is 32.0 Å². The Hall–Kier alpha value is -1.88. The van der Waals surface area contributed by atoms with E-state index in [0.717, 1.165) is 15.7 Å². The third-order valence-electron chi connectivity index (χ3n) is 3.51. The van der Waals surface area contributed by atoms with E-state index in [1.165, 1.54) is 4.57 Å². The van der Waals surface area contributed by atoms with Crippen molar-refractivity contribution in [1.29, 1.82) is 0 Å². The van der Waals surface area contributed by atoms with Gasteiger partial charge in [0.05, 0.1) is 0 Å². The largest absolute Gasteiger partial charge is 0.322 e. The van der Waals surface area contributed by atoms with Crippen LogP contribution in [0.2, 0.25) is 0 Å². The Morgan fingerprint density at radius 3 is 2.43 bits per heavy atom. The summed E-state index contributed by atoms with van der Waals surface area (Å²) < 4.78 is 2.46. The molecule has 0 aliphatic rings. The van der Waals surface area contributed by atoms with Crippen LogP contribution in [-0.4, -0.2) is 10.5 Å². The highest BCUT2D eigenvalue weighted by Gasteiger charge is 2.16. The van der Waals surface area contributed by atoms with Crippen LogP contribution in [-0.2, 0) is 7.05 Å². The fourth-order valence-electron chi connectivity index (χ4n) is 2.17. The number of halogens is 1. The van der Waals surface area contributed by atoms with Gasteiger partial charge in [-0.05, 0) is 56.2 Å². The van der Waals surface area contributed by atoms with Gasteiger partial charge < -0.3 is 9.88 Å². The molecular formula is C16H17BrN2O2. The van der Waals surface area contributed by atoms with E-state index in [-0.39, 0.29) is 17.0 Å². The molecule has 0 saturated carbocycles. The second-order valence-corrected chi connectivity index (χ2v) is 5.98. The van der Waals surface area contributed by atoms with Crippen molar-refractivity contribution in [2.75, 3.05) is 5.32 Å². The first-order valence-electron chi connectivity index (χ1n) is 6.56. The van der Waals surface area contributed by atoms with Crippen molar-refractivity contribution in [1.82, 2.24) is 4.57 Å². The topological polar surface area (TPSA) is 51.1 Å². The fraction of sp³-hybridized carbons (Fsp3) is 0.250. The average molecular weight is 349 g/mol. The van der Waals surface area contributed by atoms with Gasteiger partial charge in [-0.25, -0.2) is 0 Å². The highest BCUT2D eigenvalue weighted by Crippen LogP contribution is 2.20. The van der Waals surface area contributed by atoms with Crippen LogP contribution in [0.15, 0.2) is 33.5 Å². The van der Waals surface area contributed by atoms with Crippen LogP contribution in [0.3, 0.4) is 0 Å². The minimum atomic E-state index is -0.380. The molecule has 1 aromatic heterocycles. The molecule has 0 fully saturated rings. The molecule has 1 heterocycles. The molecule has 1 aromatic carbocycles. The van der Waals surface area contributed by atoms with Crippen LogP contribution >= 0.6 is 15.9 Å². The lowest BCUT2D eigenvalue weighted by molar-refractivity contribution is 0.102. The van der Waals surface area contributed by atoms with E-state index in [0.29, 0.717) is 11.3 Å². The molecule has 21 heavy (non-hydrogen) atoms. The zero-order chi connectivity index (χ0) is 15.7. The molecule has 5 heteroatoms. The summed E-state index contributed by atoms with van der Waals surface area (Å²) in [6.45, 7) is 5.56. The number of anilines is 1. The van der Waals surface area contributed by atoms with Crippen LogP contribution < -0.4 is 10.9 Å². The first-order valence-corrected chi connectivity index (χ1v) is 7.35. The van der Waals surface area contributed by atoms with Gasteiger partial charge in [0.1, 0.15) is 5.56 Å². The second kappa shape index (κ2) is 5.85. The molecule has 0 atom stereocenters. The molecular weight excluding hydrogens is 332 g/mol. The van der Waals surface area contributed by atoms with Crippen LogP contribution in [0.1, 0.15) is 27.2 Å². The van der Waals surface area contributed by atoms with Crippen molar-refractivity contribution in [2.45, 2.75) is 20.8 Å². The Balaban J connectivity index is 2.39. The highest BCUT2D eigenvalue weighted by molar-refractivity contribution is 9.10. The predicted molar refractivity (Wildman–Crippen MR) is 88.0 cm³/mol. The summed E-state index contributed by atoms with van der Waals surface area (Å²) >= 11 is 3.42. The Morgan fingerprint density at radius 1 is 1.14 bits per heavy atom. The molecule has 1 amide bonds. The Kier molecular flexibility index (Phi) is 4.32. The Morgan fingerprint density at radius 2 is 1.81 bits per heavy atom. The maximum atomic E-state index is 12.4. The quantitative estimate of drug-likeness (QED) is 0.904. The van der Waals surface area contributed by atoms with Gasteiger partial charge in [0, 0.05) is 22.9 Å². The molecule has 1 N–H and O–H groups in total. The number of pyridine rings is 1. The summed E-state index contributed by atoms with van der Waals surface area (Å²) in [6.07, 6.45) is 0. The zero-order valence-corrected chi connectivity index (χ0v) is 14.0. The van der Waals surface area contributed by atoms with Crippen molar-refractivity contribution >= 4 is 27.5 Å². The molecule has 0 unspecified atom stereocenters. The van der Waals surface area contributed by atoms with Gasteiger partial charge in [-0.3, -0.25) is 9.59 Å². The van der Waals surface area contributed by atoms with Crippen molar-refractivity contribution in [2.24, 2.45) is 7.05 Å². The van der Waals surface area contributed by atoms with Crippen molar-refractivity contribution in [3.8, 4) is 0 Å².